The predicted octanol–water partition coefficient (Wildman–Crippen LogP) is 4.06. The molecular formula is C24H19NO3. The third-order valence-corrected chi connectivity index (χ3v) is 7.00. The fourth-order valence-corrected chi connectivity index (χ4v) is 5.90. The smallest absolute Gasteiger partial charge is 0.237 e. The van der Waals surface area contributed by atoms with Gasteiger partial charge in [0, 0.05) is 11.8 Å². The molecule has 1 fully saturated rings. The van der Waals surface area contributed by atoms with Crippen LogP contribution in [0.1, 0.15) is 46.8 Å². The first kappa shape index (κ1) is 15.9. The van der Waals surface area contributed by atoms with Gasteiger partial charge < -0.3 is 4.42 Å². The number of carbonyl (C=O) groups excluding carboxylic acids is 2. The van der Waals surface area contributed by atoms with E-state index in [1.54, 1.807) is 12.3 Å². The van der Waals surface area contributed by atoms with Crippen LogP contribution in [-0.2, 0) is 16.1 Å². The van der Waals surface area contributed by atoms with Gasteiger partial charge >= 0.3 is 0 Å². The molecule has 2 heterocycles. The van der Waals surface area contributed by atoms with Crippen molar-refractivity contribution in [2.24, 2.45) is 11.3 Å². The Kier molecular flexibility index (Phi) is 2.96. The average Bonchev–Trinajstić information content (AvgIpc) is 3.30. The zero-order valence-corrected chi connectivity index (χ0v) is 15.5. The summed E-state index contributed by atoms with van der Waals surface area (Å²) in [6.07, 6.45) is 1.57. The molecule has 138 valence electrons. The number of carbonyl (C=O) groups is 2. The maximum Gasteiger partial charge on any atom is 0.237 e. The second-order valence-corrected chi connectivity index (χ2v) is 8.24. The Morgan fingerprint density at radius 3 is 2.07 bits per heavy atom. The molecule has 2 aromatic carbocycles. The largest absolute Gasteiger partial charge is 0.467 e. The van der Waals surface area contributed by atoms with Gasteiger partial charge in [0.15, 0.2) is 0 Å². The fourth-order valence-electron chi connectivity index (χ4n) is 5.90. The topological polar surface area (TPSA) is 50.5 Å². The molecule has 0 unspecified atom stereocenters. The highest BCUT2D eigenvalue weighted by molar-refractivity contribution is 6.09. The van der Waals surface area contributed by atoms with Crippen LogP contribution in [0.4, 0.5) is 0 Å². The first-order valence-electron chi connectivity index (χ1n) is 9.68. The summed E-state index contributed by atoms with van der Waals surface area (Å²) in [5.74, 6) is -0.0923. The van der Waals surface area contributed by atoms with E-state index >= 15 is 0 Å². The molecule has 1 saturated heterocycles. The summed E-state index contributed by atoms with van der Waals surface area (Å²) in [5.41, 5.74) is 3.98. The molecule has 0 saturated carbocycles. The van der Waals surface area contributed by atoms with Crippen molar-refractivity contribution in [2.45, 2.75) is 25.3 Å². The number of nitrogens with zero attached hydrogens (tertiary/aromatic N) is 1. The Hall–Kier alpha value is -3.14. The van der Waals surface area contributed by atoms with Gasteiger partial charge in [0.05, 0.1) is 24.1 Å². The number of rotatable bonds is 2. The Bertz CT molecular complexity index is 1080. The van der Waals surface area contributed by atoms with E-state index < -0.39 is 5.41 Å². The van der Waals surface area contributed by atoms with Gasteiger partial charge in [-0.15, -0.1) is 0 Å². The maximum absolute atomic E-state index is 13.7. The SMILES string of the molecule is C[C@@]12C(=O)N(Cc3ccco3)C(=O)[C@@H]1C1c3ccccc3C2c2ccccc21. The van der Waals surface area contributed by atoms with Crippen LogP contribution in [0, 0.1) is 11.3 Å². The van der Waals surface area contributed by atoms with E-state index in [2.05, 4.69) is 24.3 Å². The van der Waals surface area contributed by atoms with E-state index in [1.807, 2.05) is 37.3 Å². The molecule has 28 heavy (non-hydrogen) atoms. The van der Waals surface area contributed by atoms with Crippen LogP contribution in [-0.4, -0.2) is 16.7 Å². The normalized spacial score (nSPS) is 29.6. The minimum absolute atomic E-state index is 0.0806. The zero-order valence-electron chi connectivity index (χ0n) is 15.5. The van der Waals surface area contributed by atoms with Crippen molar-refractivity contribution < 1.29 is 14.0 Å². The number of hydrogen-bond donors (Lipinski definition) is 0. The number of furan rings is 1. The molecule has 2 bridgehead atoms. The standard InChI is InChI=1S/C24H19NO3/c1-24-20-17-10-4-2-8-15(17)19(16-9-3-5-11-18(16)20)21(24)22(26)25(23(24)27)13-14-7-6-12-28-14/h2-12,19-21H,13H2,1H3/t19?,20?,21-,24-/m0/s1. The third kappa shape index (κ3) is 1.71. The van der Waals surface area contributed by atoms with Crippen molar-refractivity contribution in [2.75, 3.05) is 0 Å². The van der Waals surface area contributed by atoms with Crippen LogP contribution in [0.2, 0.25) is 0 Å². The van der Waals surface area contributed by atoms with Crippen molar-refractivity contribution in [1.82, 2.24) is 4.90 Å². The second-order valence-electron chi connectivity index (χ2n) is 8.24. The van der Waals surface area contributed by atoms with E-state index in [9.17, 15) is 9.59 Å². The van der Waals surface area contributed by atoms with Gasteiger partial charge in [0.1, 0.15) is 5.76 Å². The van der Waals surface area contributed by atoms with E-state index in [0.29, 0.717) is 5.76 Å². The summed E-state index contributed by atoms with van der Waals surface area (Å²) >= 11 is 0. The molecule has 0 N–H and O–H groups in total. The number of hydrogen-bond acceptors (Lipinski definition) is 3. The molecule has 3 aromatic rings. The molecule has 0 radical (unpaired) electrons. The molecule has 2 amide bonds. The molecule has 4 nitrogen and oxygen atoms in total. The molecule has 1 aliphatic heterocycles. The van der Waals surface area contributed by atoms with E-state index in [4.69, 9.17) is 4.42 Å². The first-order chi connectivity index (χ1) is 13.6. The lowest BCUT2D eigenvalue weighted by Crippen LogP contribution is -2.49. The summed E-state index contributed by atoms with van der Waals surface area (Å²) < 4.78 is 5.43. The van der Waals surface area contributed by atoms with Crippen molar-refractivity contribution in [1.29, 1.82) is 0 Å². The van der Waals surface area contributed by atoms with Gasteiger partial charge in [-0.2, -0.15) is 0 Å². The lowest BCUT2D eigenvalue weighted by atomic mass is 9.48. The monoisotopic (exact) mass is 369 g/mol. The van der Waals surface area contributed by atoms with Crippen molar-refractivity contribution in [3.63, 3.8) is 0 Å². The fraction of sp³-hybridized carbons (Fsp3) is 0.250. The first-order valence-corrected chi connectivity index (χ1v) is 9.68. The Morgan fingerprint density at radius 1 is 0.893 bits per heavy atom. The van der Waals surface area contributed by atoms with Gasteiger partial charge in [-0.3, -0.25) is 14.5 Å². The van der Waals surface area contributed by atoms with Crippen LogP contribution in [0.3, 0.4) is 0 Å². The highest BCUT2D eigenvalue weighted by Crippen LogP contribution is 2.66. The Morgan fingerprint density at radius 2 is 1.50 bits per heavy atom. The number of benzene rings is 2. The summed E-state index contributed by atoms with van der Waals surface area (Å²) in [5, 5.41) is 0. The third-order valence-electron chi connectivity index (χ3n) is 7.00. The predicted molar refractivity (Wildman–Crippen MR) is 102 cm³/mol. The van der Waals surface area contributed by atoms with Crippen molar-refractivity contribution in [3.05, 3.63) is 94.9 Å². The van der Waals surface area contributed by atoms with Crippen LogP contribution >= 0.6 is 0 Å². The molecule has 4 aliphatic rings. The number of likely N-dealkylation sites (tertiary alicyclic amines) is 1. The van der Waals surface area contributed by atoms with Crippen LogP contribution in [0.5, 0.6) is 0 Å². The van der Waals surface area contributed by atoms with Gasteiger partial charge in [-0.25, -0.2) is 0 Å². The minimum Gasteiger partial charge on any atom is -0.467 e. The zero-order chi connectivity index (χ0) is 19.0. The quantitative estimate of drug-likeness (QED) is 0.640. The molecule has 4 heteroatoms. The van der Waals surface area contributed by atoms with E-state index in [0.717, 1.165) is 0 Å². The van der Waals surface area contributed by atoms with Crippen molar-refractivity contribution in [3.8, 4) is 0 Å². The molecule has 3 aliphatic carbocycles. The number of imide groups is 1. The summed E-state index contributed by atoms with van der Waals surface area (Å²) in [6, 6.07) is 20.2. The lowest BCUT2D eigenvalue weighted by molar-refractivity contribution is -0.142. The lowest BCUT2D eigenvalue weighted by Gasteiger charge is -2.51. The number of amides is 2. The summed E-state index contributed by atoms with van der Waals surface area (Å²) in [4.78, 5) is 28.6. The highest BCUT2D eigenvalue weighted by atomic mass is 16.3. The van der Waals surface area contributed by atoms with Gasteiger partial charge in [-0.05, 0) is 41.3 Å². The highest BCUT2D eigenvalue weighted by Gasteiger charge is 2.68. The van der Waals surface area contributed by atoms with Gasteiger partial charge in [0.25, 0.3) is 0 Å². The van der Waals surface area contributed by atoms with Gasteiger partial charge in [-0.1, -0.05) is 48.5 Å². The second kappa shape index (κ2) is 5.22. The average molecular weight is 369 g/mol. The Balaban J connectivity index is 1.58. The van der Waals surface area contributed by atoms with Gasteiger partial charge in [0.2, 0.25) is 11.8 Å². The van der Waals surface area contributed by atoms with Crippen LogP contribution < -0.4 is 0 Å². The summed E-state index contributed by atoms with van der Waals surface area (Å²) in [7, 11) is 0. The molecule has 0 spiro atoms. The molecule has 2 atom stereocenters. The van der Waals surface area contributed by atoms with E-state index in [-0.39, 0.29) is 36.1 Å². The molecule has 7 rings (SSSR count). The van der Waals surface area contributed by atoms with E-state index in [1.165, 1.54) is 27.2 Å². The summed E-state index contributed by atoms with van der Waals surface area (Å²) in [6.45, 7) is 2.19. The van der Waals surface area contributed by atoms with Crippen LogP contribution in [0.25, 0.3) is 0 Å². The molecule has 1 aromatic heterocycles. The minimum atomic E-state index is -0.767. The van der Waals surface area contributed by atoms with Crippen molar-refractivity contribution >= 4 is 11.8 Å². The molecular weight excluding hydrogens is 350 g/mol. The maximum atomic E-state index is 13.7. The Labute approximate surface area is 162 Å². The van der Waals surface area contributed by atoms with Crippen LogP contribution in [0.15, 0.2) is 71.3 Å².